The SMILES string of the molecule is O=c1[nH]c(-c2ccc(O)cc2)nc2c1CCCCC2. The van der Waals surface area contributed by atoms with Crippen molar-refractivity contribution in [2.24, 2.45) is 0 Å². The number of H-pyrrole nitrogens is 1. The fraction of sp³-hybridized carbons (Fsp3) is 0.333. The number of phenols is 1. The van der Waals surface area contributed by atoms with Gasteiger partial charge in [-0.2, -0.15) is 0 Å². The van der Waals surface area contributed by atoms with E-state index in [-0.39, 0.29) is 11.3 Å². The van der Waals surface area contributed by atoms with Gasteiger partial charge in [0.15, 0.2) is 0 Å². The first-order valence-corrected chi connectivity index (χ1v) is 6.65. The van der Waals surface area contributed by atoms with Gasteiger partial charge in [0.2, 0.25) is 0 Å². The molecule has 0 bridgehead atoms. The number of nitrogens with one attached hydrogen (secondary N) is 1. The largest absolute Gasteiger partial charge is 0.508 e. The molecule has 4 nitrogen and oxygen atoms in total. The average molecular weight is 256 g/mol. The van der Waals surface area contributed by atoms with Crippen molar-refractivity contribution in [2.75, 3.05) is 0 Å². The summed E-state index contributed by atoms with van der Waals surface area (Å²) in [5, 5.41) is 9.30. The molecule has 1 aromatic carbocycles. The monoisotopic (exact) mass is 256 g/mol. The van der Waals surface area contributed by atoms with Crippen molar-refractivity contribution < 1.29 is 5.11 Å². The van der Waals surface area contributed by atoms with Gasteiger partial charge in [-0.25, -0.2) is 4.98 Å². The molecule has 0 atom stereocenters. The highest BCUT2D eigenvalue weighted by Gasteiger charge is 2.14. The van der Waals surface area contributed by atoms with E-state index in [1.54, 1.807) is 24.3 Å². The summed E-state index contributed by atoms with van der Waals surface area (Å²) in [7, 11) is 0. The van der Waals surface area contributed by atoms with E-state index in [0.717, 1.165) is 48.9 Å². The van der Waals surface area contributed by atoms with E-state index in [1.807, 2.05) is 0 Å². The lowest BCUT2D eigenvalue weighted by atomic mass is 10.1. The van der Waals surface area contributed by atoms with Crippen LogP contribution in [0.15, 0.2) is 29.1 Å². The lowest BCUT2D eigenvalue weighted by molar-refractivity contribution is 0.475. The maximum Gasteiger partial charge on any atom is 0.254 e. The van der Waals surface area contributed by atoms with E-state index in [1.165, 1.54) is 0 Å². The van der Waals surface area contributed by atoms with Crippen molar-refractivity contribution in [1.29, 1.82) is 0 Å². The molecule has 4 heteroatoms. The summed E-state index contributed by atoms with van der Waals surface area (Å²) in [6.07, 6.45) is 5.02. The minimum atomic E-state index is -0.0185. The smallest absolute Gasteiger partial charge is 0.254 e. The second kappa shape index (κ2) is 4.88. The fourth-order valence-electron chi connectivity index (χ4n) is 2.54. The Morgan fingerprint density at radius 2 is 1.79 bits per heavy atom. The first-order chi connectivity index (χ1) is 9.24. The van der Waals surface area contributed by atoms with Gasteiger partial charge in [-0.3, -0.25) is 4.79 Å². The Hall–Kier alpha value is -2.10. The van der Waals surface area contributed by atoms with Crippen LogP contribution in [0, 0.1) is 0 Å². The van der Waals surface area contributed by atoms with Crippen molar-refractivity contribution in [1.82, 2.24) is 9.97 Å². The number of rotatable bonds is 1. The Bertz CT molecular complexity index is 644. The highest BCUT2D eigenvalue weighted by atomic mass is 16.3. The highest BCUT2D eigenvalue weighted by Crippen LogP contribution is 2.21. The average Bonchev–Trinajstić information content (AvgIpc) is 2.65. The zero-order valence-corrected chi connectivity index (χ0v) is 10.6. The lowest BCUT2D eigenvalue weighted by Gasteiger charge is -2.07. The molecule has 98 valence electrons. The molecule has 3 rings (SSSR count). The molecule has 1 aromatic heterocycles. The van der Waals surface area contributed by atoms with Gasteiger partial charge in [0.05, 0.1) is 5.69 Å². The second-order valence-corrected chi connectivity index (χ2v) is 4.95. The molecule has 2 aromatic rings. The van der Waals surface area contributed by atoms with Crippen LogP contribution in [0.4, 0.5) is 0 Å². The first-order valence-electron chi connectivity index (χ1n) is 6.65. The van der Waals surface area contributed by atoms with Gasteiger partial charge in [-0.05, 0) is 49.9 Å². The molecule has 0 aliphatic heterocycles. The maximum absolute atomic E-state index is 12.1. The van der Waals surface area contributed by atoms with Crippen LogP contribution in [-0.4, -0.2) is 15.1 Å². The van der Waals surface area contributed by atoms with Gasteiger partial charge in [0.25, 0.3) is 5.56 Å². The molecule has 0 radical (unpaired) electrons. The van der Waals surface area contributed by atoms with E-state index in [9.17, 15) is 9.90 Å². The fourth-order valence-corrected chi connectivity index (χ4v) is 2.54. The molecule has 0 saturated heterocycles. The third-order valence-electron chi connectivity index (χ3n) is 3.58. The predicted molar refractivity (Wildman–Crippen MR) is 73.2 cm³/mol. The molecular formula is C15H16N2O2. The summed E-state index contributed by atoms with van der Waals surface area (Å²) in [5.41, 5.74) is 2.58. The summed E-state index contributed by atoms with van der Waals surface area (Å²) >= 11 is 0. The zero-order chi connectivity index (χ0) is 13.2. The van der Waals surface area contributed by atoms with Crippen LogP contribution in [0.3, 0.4) is 0 Å². The minimum Gasteiger partial charge on any atom is -0.508 e. The Morgan fingerprint density at radius 3 is 2.58 bits per heavy atom. The van der Waals surface area contributed by atoms with E-state index in [4.69, 9.17) is 0 Å². The van der Waals surface area contributed by atoms with Gasteiger partial charge in [-0.1, -0.05) is 6.42 Å². The molecule has 1 heterocycles. The molecule has 2 N–H and O–H groups in total. The van der Waals surface area contributed by atoms with Crippen molar-refractivity contribution in [3.05, 3.63) is 45.9 Å². The first kappa shape index (κ1) is 12.0. The predicted octanol–water partition coefficient (Wildman–Crippen LogP) is 2.41. The molecule has 0 amide bonds. The van der Waals surface area contributed by atoms with Crippen molar-refractivity contribution in [3.63, 3.8) is 0 Å². The summed E-state index contributed by atoms with van der Waals surface area (Å²) in [6, 6.07) is 6.72. The van der Waals surface area contributed by atoms with Crippen LogP contribution in [0.1, 0.15) is 30.5 Å². The molecule has 0 saturated carbocycles. The Balaban J connectivity index is 2.08. The summed E-state index contributed by atoms with van der Waals surface area (Å²) in [4.78, 5) is 19.6. The second-order valence-electron chi connectivity index (χ2n) is 4.95. The van der Waals surface area contributed by atoms with Gasteiger partial charge in [0, 0.05) is 11.1 Å². The van der Waals surface area contributed by atoms with E-state index >= 15 is 0 Å². The van der Waals surface area contributed by atoms with Crippen molar-refractivity contribution in [2.45, 2.75) is 32.1 Å². The number of fused-ring (bicyclic) bond motifs is 1. The van der Waals surface area contributed by atoms with Gasteiger partial charge < -0.3 is 10.1 Å². The number of nitrogens with zero attached hydrogens (tertiary/aromatic N) is 1. The van der Waals surface area contributed by atoms with Crippen LogP contribution < -0.4 is 5.56 Å². The number of benzene rings is 1. The van der Waals surface area contributed by atoms with Crippen LogP contribution in [0.25, 0.3) is 11.4 Å². The maximum atomic E-state index is 12.1. The molecule has 19 heavy (non-hydrogen) atoms. The number of phenolic OH excluding ortho intramolecular Hbond substituents is 1. The highest BCUT2D eigenvalue weighted by molar-refractivity contribution is 5.56. The Kier molecular flexibility index (Phi) is 3.07. The molecule has 0 unspecified atom stereocenters. The molecule has 0 spiro atoms. The van der Waals surface area contributed by atoms with Crippen LogP contribution in [-0.2, 0) is 12.8 Å². The van der Waals surface area contributed by atoms with E-state index < -0.39 is 0 Å². The van der Waals surface area contributed by atoms with Gasteiger partial charge in [-0.15, -0.1) is 0 Å². The minimum absolute atomic E-state index is 0.0185. The normalized spacial score (nSPS) is 14.7. The van der Waals surface area contributed by atoms with Crippen molar-refractivity contribution >= 4 is 0 Å². The number of aromatic hydroxyl groups is 1. The number of aryl methyl sites for hydroxylation is 1. The quantitative estimate of drug-likeness (QED) is 0.770. The van der Waals surface area contributed by atoms with Gasteiger partial charge >= 0.3 is 0 Å². The standard InChI is InChI=1S/C15H16N2O2/c18-11-8-6-10(7-9-11)14-16-13-5-3-1-2-4-12(13)15(19)17-14/h6-9,18H,1-5H2,(H,16,17,19). The lowest BCUT2D eigenvalue weighted by Crippen LogP contribution is -2.18. The summed E-state index contributed by atoms with van der Waals surface area (Å²) < 4.78 is 0. The molecule has 0 fully saturated rings. The Labute approximate surface area is 111 Å². The van der Waals surface area contributed by atoms with Crippen LogP contribution >= 0.6 is 0 Å². The third kappa shape index (κ3) is 2.38. The zero-order valence-electron chi connectivity index (χ0n) is 10.6. The number of aromatic amines is 1. The number of hydrogen-bond donors (Lipinski definition) is 2. The topological polar surface area (TPSA) is 66.0 Å². The Morgan fingerprint density at radius 1 is 1.05 bits per heavy atom. The van der Waals surface area contributed by atoms with E-state index in [2.05, 4.69) is 9.97 Å². The van der Waals surface area contributed by atoms with Crippen molar-refractivity contribution in [3.8, 4) is 17.1 Å². The van der Waals surface area contributed by atoms with E-state index in [0.29, 0.717) is 5.82 Å². The molecular weight excluding hydrogens is 240 g/mol. The third-order valence-corrected chi connectivity index (χ3v) is 3.58. The summed E-state index contributed by atoms with van der Waals surface area (Å²) in [5.74, 6) is 0.798. The molecule has 1 aliphatic carbocycles. The summed E-state index contributed by atoms with van der Waals surface area (Å²) in [6.45, 7) is 0. The van der Waals surface area contributed by atoms with Crippen LogP contribution in [0.5, 0.6) is 5.75 Å². The number of hydrogen-bond acceptors (Lipinski definition) is 3. The van der Waals surface area contributed by atoms with Gasteiger partial charge in [0.1, 0.15) is 11.6 Å². The molecule has 1 aliphatic rings. The number of aromatic nitrogens is 2. The van der Waals surface area contributed by atoms with Crippen LogP contribution in [0.2, 0.25) is 0 Å².